The summed E-state index contributed by atoms with van der Waals surface area (Å²) in [5.41, 5.74) is 5.63. The fourth-order valence-electron chi connectivity index (χ4n) is 1.39. The van der Waals surface area contributed by atoms with Crippen LogP contribution in [0.2, 0.25) is 0 Å². The van der Waals surface area contributed by atoms with Gasteiger partial charge in [-0.2, -0.15) is 0 Å². The summed E-state index contributed by atoms with van der Waals surface area (Å²) in [6, 6.07) is -1.98. The molecule has 6 N–H and O–H groups in total. The van der Waals surface area contributed by atoms with Gasteiger partial charge in [0.05, 0.1) is 6.04 Å². The highest BCUT2D eigenvalue weighted by Crippen LogP contribution is 2.02. The number of carbonyl (C=O) groups is 4. The Balaban J connectivity index is 4.72. The van der Waals surface area contributed by atoms with Crippen LogP contribution in [-0.4, -0.2) is 52.6 Å². The minimum Gasteiger partial charge on any atom is -0.481 e. The van der Waals surface area contributed by atoms with E-state index in [1.807, 2.05) is 0 Å². The molecular weight excluding hydrogens is 282 g/mol. The van der Waals surface area contributed by atoms with Gasteiger partial charge in [0.25, 0.3) is 0 Å². The van der Waals surface area contributed by atoms with Gasteiger partial charge >= 0.3 is 11.9 Å². The molecule has 0 bridgehead atoms. The van der Waals surface area contributed by atoms with Gasteiger partial charge in [-0.1, -0.05) is 13.8 Å². The molecule has 0 radical (unpaired) electrons. The molecule has 0 fully saturated rings. The van der Waals surface area contributed by atoms with Crippen LogP contribution in [0.3, 0.4) is 0 Å². The van der Waals surface area contributed by atoms with Gasteiger partial charge in [-0.15, -0.1) is 0 Å². The molecule has 0 aromatic rings. The maximum Gasteiger partial charge on any atom is 0.322 e. The van der Waals surface area contributed by atoms with Crippen LogP contribution in [0.15, 0.2) is 0 Å². The zero-order valence-electron chi connectivity index (χ0n) is 12.0. The molecule has 9 nitrogen and oxygen atoms in total. The van der Waals surface area contributed by atoms with E-state index in [4.69, 9.17) is 15.9 Å². The minimum atomic E-state index is -1.24. The summed E-state index contributed by atoms with van der Waals surface area (Å²) in [4.78, 5) is 44.5. The number of amides is 2. The lowest BCUT2D eigenvalue weighted by atomic mass is 10.0. The summed E-state index contributed by atoms with van der Waals surface area (Å²) in [5.74, 6) is -3.89. The lowest BCUT2D eigenvalue weighted by Gasteiger charge is -2.21. The first-order valence-corrected chi connectivity index (χ1v) is 6.42. The van der Waals surface area contributed by atoms with E-state index in [0.29, 0.717) is 0 Å². The average molecular weight is 303 g/mol. The molecule has 0 spiro atoms. The number of carbonyl (C=O) groups excluding carboxylic acids is 2. The summed E-state index contributed by atoms with van der Waals surface area (Å²) in [7, 11) is 0. The van der Waals surface area contributed by atoms with Gasteiger partial charge in [-0.25, -0.2) is 0 Å². The SMILES string of the molecule is CC(C)[C@H](N)C(=O)N[C@@H](CCC(=O)O)C(=O)NCC(=O)O. The highest BCUT2D eigenvalue weighted by Gasteiger charge is 2.25. The van der Waals surface area contributed by atoms with Crippen molar-refractivity contribution < 1.29 is 29.4 Å². The predicted molar refractivity (Wildman–Crippen MR) is 72.3 cm³/mol. The van der Waals surface area contributed by atoms with E-state index < -0.39 is 42.4 Å². The molecule has 0 aliphatic carbocycles. The number of nitrogens with one attached hydrogen (secondary N) is 2. The van der Waals surface area contributed by atoms with Crippen molar-refractivity contribution in [3.05, 3.63) is 0 Å². The Bertz CT molecular complexity index is 410. The second-order valence-corrected chi connectivity index (χ2v) is 4.87. The second kappa shape index (κ2) is 8.90. The molecule has 21 heavy (non-hydrogen) atoms. The number of hydrogen-bond acceptors (Lipinski definition) is 5. The van der Waals surface area contributed by atoms with E-state index in [1.165, 1.54) is 0 Å². The molecule has 0 rings (SSSR count). The van der Waals surface area contributed by atoms with Crippen molar-refractivity contribution in [1.82, 2.24) is 10.6 Å². The van der Waals surface area contributed by atoms with E-state index in [9.17, 15) is 19.2 Å². The summed E-state index contributed by atoms with van der Waals surface area (Å²) in [5, 5.41) is 21.6. The molecule has 0 aliphatic heterocycles. The van der Waals surface area contributed by atoms with Gasteiger partial charge in [0.1, 0.15) is 12.6 Å². The van der Waals surface area contributed by atoms with Crippen molar-refractivity contribution in [3.63, 3.8) is 0 Å². The third kappa shape index (κ3) is 7.88. The Morgan fingerprint density at radius 1 is 1.05 bits per heavy atom. The van der Waals surface area contributed by atoms with Crippen molar-refractivity contribution in [3.8, 4) is 0 Å². The van der Waals surface area contributed by atoms with Gasteiger partial charge in [0.15, 0.2) is 0 Å². The number of carboxylic acid groups (broad SMARTS) is 2. The normalized spacial score (nSPS) is 13.3. The Morgan fingerprint density at radius 3 is 2.05 bits per heavy atom. The molecule has 0 saturated carbocycles. The fourth-order valence-corrected chi connectivity index (χ4v) is 1.39. The smallest absolute Gasteiger partial charge is 0.322 e. The molecule has 0 aromatic carbocycles. The topological polar surface area (TPSA) is 159 Å². The maximum absolute atomic E-state index is 11.8. The van der Waals surface area contributed by atoms with Crippen LogP contribution in [0.4, 0.5) is 0 Å². The number of aliphatic carboxylic acids is 2. The molecule has 2 atom stereocenters. The lowest BCUT2D eigenvalue weighted by molar-refractivity contribution is -0.140. The van der Waals surface area contributed by atoms with Gasteiger partial charge in [-0.05, 0) is 12.3 Å². The van der Waals surface area contributed by atoms with Crippen LogP contribution < -0.4 is 16.4 Å². The van der Waals surface area contributed by atoms with E-state index >= 15 is 0 Å². The van der Waals surface area contributed by atoms with Gasteiger partial charge < -0.3 is 26.6 Å². The first-order valence-electron chi connectivity index (χ1n) is 6.42. The summed E-state index contributed by atoms with van der Waals surface area (Å²) >= 11 is 0. The average Bonchev–Trinajstić information content (AvgIpc) is 2.38. The standard InChI is InChI=1S/C12H21N3O6/c1-6(2)10(13)12(21)15-7(3-4-8(16)17)11(20)14-5-9(18)19/h6-7,10H,3-5,13H2,1-2H3,(H,14,20)(H,15,21)(H,16,17)(H,18,19)/t7-,10-/m0/s1. The maximum atomic E-state index is 11.8. The first kappa shape index (κ1) is 18.8. The van der Waals surface area contributed by atoms with E-state index in [1.54, 1.807) is 13.8 Å². The molecule has 120 valence electrons. The highest BCUT2D eigenvalue weighted by atomic mass is 16.4. The lowest BCUT2D eigenvalue weighted by Crippen LogP contribution is -2.53. The predicted octanol–water partition coefficient (Wildman–Crippen LogP) is -1.48. The summed E-state index contributed by atoms with van der Waals surface area (Å²) in [6.45, 7) is 2.83. The molecule has 0 aromatic heterocycles. The van der Waals surface area contributed by atoms with Gasteiger partial charge in [-0.3, -0.25) is 19.2 Å². The molecule has 0 saturated heterocycles. The molecule has 0 aliphatic rings. The van der Waals surface area contributed by atoms with Crippen LogP contribution in [0, 0.1) is 5.92 Å². The van der Waals surface area contributed by atoms with Crippen LogP contribution in [-0.2, 0) is 19.2 Å². The van der Waals surface area contributed by atoms with Crippen molar-refractivity contribution in [2.45, 2.75) is 38.8 Å². The molecular formula is C12H21N3O6. The number of hydrogen-bond donors (Lipinski definition) is 5. The fraction of sp³-hybridized carbons (Fsp3) is 0.667. The van der Waals surface area contributed by atoms with Crippen molar-refractivity contribution in [2.24, 2.45) is 11.7 Å². The second-order valence-electron chi connectivity index (χ2n) is 4.87. The molecule has 0 unspecified atom stereocenters. The van der Waals surface area contributed by atoms with Crippen LogP contribution in [0.5, 0.6) is 0 Å². The number of rotatable bonds is 9. The highest BCUT2D eigenvalue weighted by molar-refractivity contribution is 5.91. The Morgan fingerprint density at radius 2 is 1.62 bits per heavy atom. The van der Waals surface area contributed by atoms with E-state index in [2.05, 4.69) is 10.6 Å². The van der Waals surface area contributed by atoms with Crippen molar-refractivity contribution in [1.29, 1.82) is 0 Å². The van der Waals surface area contributed by atoms with E-state index in [0.717, 1.165) is 0 Å². The van der Waals surface area contributed by atoms with Crippen LogP contribution in [0.25, 0.3) is 0 Å². The molecule has 9 heteroatoms. The van der Waals surface area contributed by atoms with Crippen molar-refractivity contribution in [2.75, 3.05) is 6.54 Å². The molecule has 2 amide bonds. The zero-order valence-corrected chi connectivity index (χ0v) is 12.0. The third-order valence-electron chi connectivity index (χ3n) is 2.71. The van der Waals surface area contributed by atoms with Gasteiger partial charge in [0.2, 0.25) is 11.8 Å². The van der Waals surface area contributed by atoms with Crippen LogP contribution in [0.1, 0.15) is 26.7 Å². The largest absolute Gasteiger partial charge is 0.481 e. The molecule has 0 heterocycles. The summed E-state index contributed by atoms with van der Waals surface area (Å²) < 4.78 is 0. The Labute approximate surface area is 121 Å². The van der Waals surface area contributed by atoms with Gasteiger partial charge in [0, 0.05) is 6.42 Å². The zero-order chi connectivity index (χ0) is 16.6. The first-order chi connectivity index (χ1) is 9.65. The minimum absolute atomic E-state index is 0.155. The number of nitrogens with two attached hydrogens (primary N) is 1. The van der Waals surface area contributed by atoms with E-state index in [-0.39, 0.29) is 18.8 Å². The summed E-state index contributed by atoms with van der Waals surface area (Å²) in [6.07, 6.45) is -0.500. The Hall–Kier alpha value is -2.16. The quantitative estimate of drug-likeness (QED) is 0.347. The number of carboxylic acids is 2. The Kier molecular flexibility index (Phi) is 7.99. The van der Waals surface area contributed by atoms with Crippen molar-refractivity contribution >= 4 is 23.8 Å². The third-order valence-corrected chi connectivity index (χ3v) is 2.71. The monoisotopic (exact) mass is 303 g/mol. The van der Waals surface area contributed by atoms with Crippen LogP contribution >= 0.6 is 0 Å².